The van der Waals surface area contributed by atoms with E-state index in [9.17, 15) is 4.79 Å². The Bertz CT molecular complexity index is 825. The molecule has 1 atom stereocenters. The van der Waals surface area contributed by atoms with E-state index in [4.69, 9.17) is 17.0 Å². The molecule has 2 aromatic rings. The molecule has 2 aliphatic rings. The summed E-state index contributed by atoms with van der Waals surface area (Å²) < 4.78 is 7.80. The van der Waals surface area contributed by atoms with E-state index >= 15 is 0 Å². The first-order valence-electron chi connectivity index (χ1n) is 7.48. The average Bonchev–Trinajstić information content (AvgIpc) is 3.02. The van der Waals surface area contributed by atoms with Crippen molar-refractivity contribution in [2.24, 2.45) is 0 Å². The molecule has 112 valence electrons. The number of aromatic nitrogens is 2. The summed E-state index contributed by atoms with van der Waals surface area (Å²) in [6, 6.07) is 0. The van der Waals surface area contributed by atoms with Gasteiger partial charge in [-0.1, -0.05) is 0 Å². The Hall–Kier alpha value is -0.980. The molecule has 4 rings (SSSR count). The van der Waals surface area contributed by atoms with Crippen LogP contribution in [-0.4, -0.2) is 22.8 Å². The van der Waals surface area contributed by atoms with Crippen LogP contribution in [0.2, 0.25) is 0 Å². The highest BCUT2D eigenvalue weighted by atomic mass is 32.1. The number of rotatable bonds is 1. The third kappa shape index (κ3) is 1.96. The lowest BCUT2D eigenvalue weighted by Crippen LogP contribution is -2.40. The van der Waals surface area contributed by atoms with Gasteiger partial charge in [0.25, 0.3) is 5.56 Å². The number of aryl methyl sites for hydroxylation is 2. The summed E-state index contributed by atoms with van der Waals surface area (Å²) in [6.07, 6.45) is 5.34. The topological polar surface area (TPSA) is 47.0 Å². The molecule has 0 aromatic carbocycles. The van der Waals surface area contributed by atoms with Crippen LogP contribution in [0.3, 0.4) is 0 Å². The standard InChI is InChI=1S/C15H18N2O2S2/c1-15(6-7-19-8-15)17-13(18)11-9-4-2-3-5-10(9)21-12(11)16-14(17)20/h2-8H2,1H3,(H,16,20). The quantitative estimate of drug-likeness (QED) is 0.821. The summed E-state index contributed by atoms with van der Waals surface area (Å²) in [5.74, 6) is 0. The second-order valence-electron chi connectivity index (χ2n) is 6.29. The fourth-order valence-electron chi connectivity index (χ4n) is 3.56. The second kappa shape index (κ2) is 4.76. The SMILES string of the molecule is CC1(n2c(=S)[nH]c3sc4c(c3c2=O)CCCC4)CCOC1. The summed E-state index contributed by atoms with van der Waals surface area (Å²) >= 11 is 7.19. The van der Waals surface area contributed by atoms with Crippen molar-refractivity contribution in [2.75, 3.05) is 13.2 Å². The molecule has 0 bridgehead atoms. The van der Waals surface area contributed by atoms with E-state index < -0.39 is 0 Å². The van der Waals surface area contributed by atoms with Gasteiger partial charge in [-0.05, 0) is 56.8 Å². The molecule has 1 unspecified atom stereocenters. The molecule has 6 heteroatoms. The molecule has 1 N–H and O–H groups in total. The maximum absolute atomic E-state index is 13.1. The normalized spacial score (nSPS) is 25.4. The zero-order chi connectivity index (χ0) is 14.6. The van der Waals surface area contributed by atoms with Crippen molar-refractivity contribution >= 4 is 33.8 Å². The van der Waals surface area contributed by atoms with E-state index in [1.807, 2.05) is 0 Å². The minimum atomic E-state index is -0.317. The highest BCUT2D eigenvalue weighted by Crippen LogP contribution is 2.34. The van der Waals surface area contributed by atoms with Crippen molar-refractivity contribution in [2.45, 2.75) is 44.6 Å². The highest BCUT2D eigenvalue weighted by Gasteiger charge is 2.34. The minimum Gasteiger partial charge on any atom is -0.379 e. The largest absolute Gasteiger partial charge is 0.379 e. The van der Waals surface area contributed by atoms with Gasteiger partial charge in [-0.25, -0.2) is 0 Å². The van der Waals surface area contributed by atoms with Crippen LogP contribution in [0.25, 0.3) is 10.2 Å². The number of thiophene rings is 1. The van der Waals surface area contributed by atoms with Crippen LogP contribution in [0.1, 0.15) is 36.6 Å². The molecule has 0 amide bonds. The number of ether oxygens (including phenoxy) is 1. The lowest BCUT2D eigenvalue weighted by atomic mass is 9.96. The zero-order valence-electron chi connectivity index (χ0n) is 12.0. The summed E-state index contributed by atoms with van der Waals surface area (Å²) in [5, 5.41) is 0.872. The maximum atomic E-state index is 13.1. The summed E-state index contributed by atoms with van der Waals surface area (Å²) in [4.78, 5) is 18.7. The van der Waals surface area contributed by atoms with Crippen LogP contribution >= 0.6 is 23.6 Å². The van der Waals surface area contributed by atoms with E-state index in [0.29, 0.717) is 18.0 Å². The van der Waals surface area contributed by atoms with Crippen molar-refractivity contribution in [1.82, 2.24) is 9.55 Å². The van der Waals surface area contributed by atoms with Crippen molar-refractivity contribution < 1.29 is 4.74 Å². The van der Waals surface area contributed by atoms with E-state index in [2.05, 4.69) is 11.9 Å². The van der Waals surface area contributed by atoms with Crippen molar-refractivity contribution in [3.8, 4) is 0 Å². The molecular weight excluding hydrogens is 304 g/mol. The van der Waals surface area contributed by atoms with Gasteiger partial charge in [0, 0.05) is 11.5 Å². The number of nitrogens with zero attached hydrogens (tertiary/aromatic N) is 1. The van der Waals surface area contributed by atoms with Gasteiger partial charge in [0.05, 0.1) is 17.5 Å². The summed E-state index contributed by atoms with van der Waals surface area (Å²) in [5.41, 5.74) is 1.01. The molecule has 1 fully saturated rings. The first-order valence-corrected chi connectivity index (χ1v) is 8.70. The molecule has 3 heterocycles. The summed E-state index contributed by atoms with van der Waals surface area (Å²) in [6.45, 7) is 3.31. The molecule has 0 radical (unpaired) electrons. The van der Waals surface area contributed by atoms with Crippen LogP contribution < -0.4 is 5.56 Å². The molecule has 1 saturated heterocycles. The van der Waals surface area contributed by atoms with Crippen molar-refractivity contribution in [3.05, 3.63) is 25.6 Å². The molecule has 0 saturated carbocycles. The van der Waals surface area contributed by atoms with E-state index in [1.165, 1.54) is 23.3 Å². The fourth-order valence-corrected chi connectivity index (χ4v) is 5.31. The molecular formula is C15H18N2O2S2. The van der Waals surface area contributed by atoms with Gasteiger partial charge >= 0.3 is 0 Å². The third-order valence-corrected chi connectivity index (χ3v) is 6.24. The lowest BCUT2D eigenvalue weighted by molar-refractivity contribution is 0.159. The molecule has 1 aliphatic carbocycles. The summed E-state index contributed by atoms with van der Waals surface area (Å²) in [7, 11) is 0. The third-order valence-electron chi connectivity index (χ3n) is 4.75. The van der Waals surface area contributed by atoms with Gasteiger partial charge in [0.15, 0.2) is 4.77 Å². The van der Waals surface area contributed by atoms with Crippen LogP contribution in [0.4, 0.5) is 0 Å². The van der Waals surface area contributed by atoms with Gasteiger partial charge in [-0.2, -0.15) is 0 Å². The van der Waals surface area contributed by atoms with Crippen molar-refractivity contribution in [3.63, 3.8) is 0 Å². The van der Waals surface area contributed by atoms with E-state index in [1.54, 1.807) is 15.9 Å². The number of hydrogen-bond acceptors (Lipinski definition) is 4. The molecule has 1 aliphatic heterocycles. The first kappa shape index (κ1) is 13.7. The number of H-pyrrole nitrogens is 1. The van der Waals surface area contributed by atoms with Crippen LogP contribution in [0, 0.1) is 4.77 Å². The molecule has 0 spiro atoms. The van der Waals surface area contributed by atoms with Crippen LogP contribution in [-0.2, 0) is 23.1 Å². The molecule has 4 nitrogen and oxygen atoms in total. The number of nitrogens with one attached hydrogen (secondary N) is 1. The first-order chi connectivity index (χ1) is 10.1. The Morgan fingerprint density at radius 1 is 1.38 bits per heavy atom. The Morgan fingerprint density at radius 2 is 2.19 bits per heavy atom. The van der Waals surface area contributed by atoms with Gasteiger partial charge in [-0.3, -0.25) is 9.36 Å². The number of aromatic amines is 1. The average molecular weight is 322 g/mol. The highest BCUT2D eigenvalue weighted by molar-refractivity contribution is 7.71. The fraction of sp³-hybridized carbons (Fsp3) is 0.600. The smallest absolute Gasteiger partial charge is 0.263 e. The Labute approximate surface area is 131 Å². The van der Waals surface area contributed by atoms with Gasteiger partial charge in [-0.15, -0.1) is 11.3 Å². The van der Waals surface area contributed by atoms with Gasteiger partial charge < -0.3 is 9.72 Å². The van der Waals surface area contributed by atoms with Gasteiger partial charge in [0.1, 0.15) is 4.83 Å². The minimum absolute atomic E-state index is 0.0705. The molecule has 21 heavy (non-hydrogen) atoms. The zero-order valence-corrected chi connectivity index (χ0v) is 13.7. The maximum Gasteiger partial charge on any atom is 0.263 e. The predicted molar refractivity (Wildman–Crippen MR) is 87.0 cm³/mol. The lowest BCUT2D eigenvalue weighted by Gasteiger charge is -2.25. The van der Waals surface area contributed by atoms with E-state index in [-0.39, 0.29) is 11.1 Å². The predicted octanol–water partition coefficient (Wildman–Crippen LogP) is 3.13. The van der Waals surface area contributed by atoms with Gasteiger partial charge in [0.2, 0.25) is 0 Å². The van der Waals surface area contributed by atoms with Crippen LogP contribution in [0.5, 0.6) is 0 Å². The Kier molecular flexibility index (Phi) is 3.10. The monoisotopic (exact) mass is 322 g/mol. The van der Waals surface area contributed by atoms with E-state index in [0.717, 1.165) is 29.5 Å². The van der Waals surface area contributed by atoms with Crippen LogP contribution in [0.15, 0.2) is 4.79 Å². The second-order valence-corrected chi connectivity index (χ2v) is 7.78. The molecule has 2 aromatic heterocycles. The number of fused-ring (bicyclic) bond motifs is 3. The Balaban J connectivity index is 2.05. The van der Waals surface area contributed by atoms with Crippen molar-refractivity contribution in [1.29, 1.82) is 0 Å². The number of hydrogen-bond donors (Lipinski definition) is 1. The Morgan fingerprint density at radius 3 is 2.95 bits per heavy atom.